The molecule has 0 aliphatic heterocycles. The quantitative estimate of drug-likeness (QED) is 0.347. The van der Waals surface area contributed by atoms with Gasteiger partial charge >= 0.3 is 6.18 Å². The van der Waals surface area contributed by atoms with E-state index in [1.807, 2.05) is 44.2 Å². The first-order valence-corrected chi connectivity index (χ1v) is 10.5. The molecule has 0 aliphatic rings. The van der Waals surface area contributed by atoms with Crippen LogP contribution in [0, 0.1) is 18.3 Å². The first-order valence-electron chi connectivity index (χ1n) is 10.5. The van der Waals surface area contributed by atoms with Gasteiger partial charge in [0.05, 0.1) is 23.0 Å². The van der Waals surface area contributed by atoms with E-state index in [9.17, 15) is 23.2 Å². The standard InChI is InChI=1S/C21H15F3N6.C3H7NO/c1-12-2-4-13(5-3-12)8-28-20-29-9-14(7-25)18(30-20)17-11-27-19-16(17)6-15(10-26-19)21(22,23)24;1-2-4-3-5/h2-6,9-11H,8H2,1H3,(H,26,27)(H,28,29,30);3H,2H2,1H3,(H,4,5). The van der Waals surface area contributed by atoms with Crippen molar-refractivity contribution in [1.82, 2.24) is 25.3 Å². The second kappa shape index (κ2) is 11.1. The van der Waals surface area contributed by atoms with Crippen LogP contribution in [0.3, 0.4) is 0 Å². The van der Waals surface area contributed by atoms with Crippen LogP contribution >= 0.6 is 0 Å². The van der Waals surface area contributed by atoms with E-state index in [0.717, 1.165) is 29.9 Å². The number of benzene rings is 1. The highest BCUT2D eigenvalue weighted by molar-refractivity contribution is 5.94. The zero-order chi connectivity index (χ0) is 25.4. The predicted octanol–water partition coefficient (Wildman–Crippen LogP) is 4.58. The van der Waals surface area contributed by atoms with E-state index in [0.29, 0.717) is 18.5 Å². The van der Waals surface area contributed by atoms with Crippen LogP contribution in [0.15, 0.2) is 48.9 Å². The minimum atomic E-state index is -4.53. The van der Waals surface area contributed by atoms with Crippen LogP contribution < -0.4 is 10.6 Å². The minimum Gasteiger partial charge on any atom is -0.359 e. The summed E-state index contributed by atoms with van der Waals surface area (Å²) in [6, 6.07) is 10.9. The Bertz CT molecular complexity index is 1340. The number of halogens is 3. The van der Waals surface area contributed by atoms with Gasteiger partial charge in [0.2, 0.25) is 12.4 Å². The number of nitrogens with one attached hydrogen (secondary N) is 3. The summed E-state index contributed by atoms with van der Waals surface area (Å²) in [6.07, 6.45) is -0.243. The van der Waals surface area contributed by atoms with Crippen molar-refractivity contribution >= 4 is 23.4 Å². The number of amides is 1. The zero-order valence-electron chi connectivity index (χ0n) is 18.9. The molecule has 0 saturated heterocycles. The number of carbonyl (C=O) groups is 1. The number of hydrogen-bond acceptors (Lipinski definition) is 6. The van der Waals surface area contributed by atoms with Gasteiger partial charge in [-0.05, 0) is 25.5 Å². The number of aromatic nitrogens is 4. The van der Waals surface area contributed by atoms with Crippen LogP contribution in [0.5, 0.6) is 0 Å². The molecule has 3 heterocycles. The molecule has 0 fully saturated rings. The van der Waals surface area contributed by atoms with Gasteiger partial charge in [-0.25, -0.2) is 15.0 Å². The van der Waals surface area contributed by atoms with Crippen LogP contribution in [0.4, 0.5) is 19.1 Å². The molecule has 8 nitrogen and oxygen atoms in total. The lowest BCUT2D eigenvalue weighted by molar-refractivity contribution is -0.137. The maximum atomic E-state index is 13.1. The molecule has 3 aromatic heterocycles. The fourth-order valence-corrected chi connectivity index (χ4v) is 3.08. The first-order chi connectivity index (χ1) is 16.8. The van der Waals surface area contributed by atoms with Crippen molar-refractivity contribution in [3.63, 3.8) is 0 Å². The monoisotopic (exact) mass is 481 g/mol. The molecule has 0 spiro atoms. The molecule has 4 rings (SSSR count). The fourth-order valence-electron chi connectivity index (χ4n) is 3.08. The molecular formula is C24H22F3N7O. The van der Waals surface area contributed by atoms with Crippen molar-refractivity contribution in [1.29, 1.82) is 5.26 Å². The SMILES string of the molecule is CCNC=O.Cc1ccc(CNc2ncc(C#N)c(-c3c[nH]c4ncc(C(F)(F)F)cc34)n2)cc1. The Morgan fingerprint density at radius 2 is 1.91 bits per heavy atom. The number of alkyl halides is 3. The summed E-state index contributed by atoms with van der Waals surface area (Å²) in [4.78, 5) is 24.5. The van der Waals surface area contributed by atoms with E-state index in [1.54, 1.807) is 0 Å². The normalized spacial score (nSPS) is 10.7. The third kappa shape index (κ3) is 6.32. The molecule has 0 radical (unpaired) electrons. The van der Waals surface area contributed by atoms with E-state index in [1.165, 1.54) is 12.4 Å². The summed E-state index contributed by atoms with van der Waals surface area (Å²) in [7, 11) is 0. The molecule has 0 atom stereocenters. The molecule has 0 saturated carbocycles. The molecule has 3 N–H and O–H groups in total. The lowest BCUT2D eigenvalue weighted by atomic mass is 10.1. The van der Waals surface area contributed by atoms with Gasteiger partial charge in [-0.2, -0.15) is 18.4 Å². The summed E-state index contributed by atoms with van der Waals surface area (Å²) in [5.41, 5.74) is 2.28. The smallest absolute Gasteiger partial charge is 0.359 e. The third-order valence-electron chi connectivity index (χ3n) is 4.88. The van der Waals surface area contributed by atoms with Crippen LogP contribution in [-0.4, -0.2) is 32.9 Å². The van der Waals surface area contributed by atoms with Crippen molar-refractivity contribution in [3.8, 4) is 17.3 Å². The highest BCUT2D eigenvalue weighted by Crippen LogP contribution is 2.34. The average Bonchev–Trinajstić information content (AvgIpc) is 3.27. The summed E-state index contributed by atoms with van der Waals surface area (Å²) >= 11 is 0. The van der Waals surface area contributed by atoms with E-state index in [-0.39, 0.29) is 28.2 Å². The second-order valence-corrected chi connectivity index (χ2v) is 7.40. The average molecular weight is 481 g/mol. The number of nitriles is 1. The van der Waals surface area contributed by atoms with Crippen molar-refractivity contribution in [3.05, 3.63) is 71.2 Å². The molecule has 1 amide bonds. The highest BCUT2D eigenvalue weighted by atomic mass is 19.4. The summed E-state index contributed by atoms with van der Waals surface area (Å²) in [5, 5.41) is 15.2. The van der Waals surface area contributed by atoms with Crippen molar-refractivity contribution < 1.29 is 18.0 Å². The summed E-state index contributed by atoms with van der Waals surface area (Å²) < 4.78 is 39.3. The molecule has 35 heavy (non-hydrogen) atoms. The number of anilines is 1. The van der Waals surface area contributed by atoms with Gasteiger partial charge in [-0.1, -0.05) is 29.8 Å². The lowest BCUT2D eigenvalue weighted by Crippen LogP contribution is -2.07. The largest absolute Gasteiger partial charge is 0.417 e. The number of aryl methyl sites for hydroxylation is 1. The molecule has 0 aliphatic carbocycles. The molecule has 0 bridgehead atoms. The van der Waals surface area contributed by atoms with Gasteiger partial charge in [0.25, 0.3) is 0 Å². The Kier molecular flexibility index (Phi) is 7.99. The Morgan fingerprint density at radius 3 is 2.51 bits per heavy atom. The molecule has 0 unspecified atom stereocenters. The lowest BCUT2D eigenvalue weighted by Gasteiger charge is -2.09. The number of hydrogen-bond donors (Lipinski definition) is 3. The van der Waals surface area contributed by atoms with Gasteiger partial charge in [0.1, 0.15) is 11.7 Å². The first kappa shape index (κ1) is 25.2. The number of pyridine rings is 1. The molecule has 4 aromatic rings. The molecular weight excluding hydrogens is 459 g/mol. The number of rotatable bonds is 6. The van der Waals surface area contributed by atoms with Crippen LogP contribution in [0.1, 0.15) is 29.2 Å². The van der Waals surface area contributed by atoms with Crippen molar-refractivity contribution in [2.24, 2.45) is 0 Å². The zero-order valence-corrected chi connectivity index (χ0v) is 18.9. The maximum Gasteiger partial charge on any atom is 0.417 e. The number of fused-ring (bicyclic) bond motifs is 1. The van der Waals surface area contributed by atoms with Crippen molar-refractivity contribution in [2.45, 2.75) is 26.6 Å². The Hall–Kier alpha value is -4.46. The van der Waals surface area contributed by atoms with Crippen LogP contribution in [0.25, 0.3) is 22.3 Å². The Morgan fingerprint density at radius 1 is 1.17 bits per heavy atom. The molecule has 180 valence electrons. The fraction of sp³-hybridized carbons (Fsp3) is 0.208. The molecule has 11 heteroatoms. The van der Waals surface area contributed by atoms with Crippen molar-refractivity contribution in [2.75, 3.05) is 11.9 Å². The van der Waals surface area contributed by atoms with E-state index in [2.05, 4.69) is 30.6 Å². The summed E-state index contributed by atoms with van der Waals surface area (Å²) in [6.45, 7) is 5.05. The Balaban J connectivity index is 0.000000623. The second-order valence-electron chi connectivity index (χ2n) is 7.40. The van der Waals surface area contributed by atoms with Gasteiger partial charge in [0.15, 0.2) is 0 Å². The van der Waals surface area contributed by atoms with E-state index in [4.69, 9.17) is 0 Å². The highest BCUT2D eigenvalue weighted by Gasteiger charge is 2.31. The summed E-state index contributed by atoms with van der Waals surface area (Å²) in [5.74, 6) is 0.263. The predicted molar refractivity (Wildman–Crippen MR) is 125 cm³/mol. The maximum absolute atomic E-state index is 13.1. The molecule has 1 aromatic carbocycles. The number of H-pyrrole nitrogens is 1. The Labute approximate surface area is 199 Å². The van der Waals surface area contributed by atoms with Crippen LogP contribution in [0.2, 0.25) is 0 Å². The van der Waals surface area contributed by atoms with Gasteiger partial charge < -0.3 is 15.6 Å². The van der Waals surface area contributed by atoms with Gasteiger partial charge in [-0.3, -0.25) is 4.79 Å². The van der Waals surface area contributed by atoms with Gasteiger partial charge in [-0.15, -0.1) is 0 Å². The van der Waals surface area contributed by atoms with E-state index < -0.39 is 11.7 Å². The number of carbonyl (C=O) groups excluding carboxylic acids is 1. The van der Waals surface area contributed by atoms with Crippen LogP contribution in [-0.2, 0) is 17.5 Å². The number of nitrogens with zero attached hydrogens (tertiary/aromatic N) is 4. The van der Waals surface area contributed by atoms with E-state index >= 15 is 0 Å². The number of aromatic amines is 1. The third-order valence-corrected chi connectivity index (χ3v) is 4.88. The topological polar surface area (TPSA) is 119 Å². The minimum absolute atomic E-state index is 0.147. The van der Waals surface area contributed by atoms with Gasteiger partial charge in [0, 0.05) is 36.4 Å².